The minimum absolute atomic E-state index is 0. The normalized spacial score (nSPS) is 27.9. The van der Waals surface area contributed by atoms with E-state index in [-0.39, 0.29) is 37.0 Å². The van der Waals surface area contributed by atoms with Crippen molar-refractivity contribution < 1.29 is 19.2 Å². The molecule has 2 aromatic rings. The van der Waals surface area contributed by atoms with Gasteiger partial charge in [-0.05, 0) is 43.4 Å². The fourth-order valence-electron chi connectivity index (χ4n) is 6.10. The number of carbonyl (C=O) groups excluding carboxylic acids is 1. The minimum Gasteiger partial charge on any atom is -0.396 e. The molecule has 1 amide bonds. The number of benzene rings is 2. The van der Waals surface area contributed by atoms with Crippen LogP contribution in [0, 0.1) is 21.8 Å². The van der Waals surface area contributed by atoms with Gasteiger partial charge in [0.2, 0.25) is 6.04 Å². The number of halogens is 3. The van der Waals surface area contributed by atoms with E-state index in [4.69, 9.17) is 23.2 Å². The summed E-state index contributed by atoms with van der Waals surface area (Å²) in [5, 5.41) is 25.6. The highest BCUT2D eigenvalue weighted by Gasteiger charge is 2.71. The van der Waals surface area contributed by atoms with Gasteiger partial charge in [-0.25, -0.2) is 4.39 Å². The van der Waals surface area contributed by atoms with Gasteiger partial charge < -0.3 is 10.4 Å². The number of hydrogen-bond donors (Lipinski definition) is 2. The number of amides is 1. The molecule has 7 nitrogen and oxygen atoms in total. The van der Waals surface area contributed by atoms with E-state index < -0.39 is 40.2 Å². The molecule has 2 aliphatic heterocycles. The number of carbonyl (C=O) groups is 1. The molecule has 2 aromatic carbocycles. The van der Waals surface area contributed by atoms with Crippen molar-refractivity contribution in [3.05, 3.63) is 73.5 Å². The number of hydrogen-bond acceptors (Lipinski definition) is 5. The number of fused-ring (bicyclic) bond motifs is 2. The molecule has 188 valence electrons. The van der Waals surface area contributed by atoms with Crippen molar-refractivity contribution in [1.82, 2.24) is 4.90 Å². The monoisotopic (exact) mass is 523 g/mol. The molecule has 2 heterocycles. The van der Waals surface area contributed by atoms with Crippen LogP contribution in [0.5, 0.6) is 0 Å². The summed E-state index contributed by atoms with van der Waals surface area (Å²) < 4.78 is 15.5. The lowest BCUT2D eigenvalue weighted by atomic mass is 9.73. The van der Waals surface area contributed by atoms with E-state index in [1.807, 2.05) is 4.90 Å². The van der Waals surface area contributed by atoms with Gasteiger partial charge in [-0.2, -0.15) is 0 Å². The number of likely N-dealkylation sites (tertiary alicyclic amines) is 1. The Labute approximate surface area is 213 Å². The number of anilines is 1. The Bertz CT molecular complexity index is 1160. The molecule has 0 aromatic heterocycles. The van der Waals surface area contributed by atoms with E-state index in [1.54, 1.807) is 18.2 Å². The Morgan fingerprint density at radius 2 is 2.00 bits per heavy atom. The summed E-state index contributed by atoms with van der Waals surface area (Å²) in [4.78, 5) is 27.9. The Morgan fingerprint density at radius 3 is 2.63 bits per heavy atom. The second-order valence-corrected chi connectivity index (χ2v) is 10.2. The van der Waals surface area contributed by atoms with Gasteiger partial charge in [0.05, 0.1) is 17.0 Å². The van der Waals surface area contributed by atoms with Gasteiger partial charge >= 0.3 is 0 Å². The van der Waals surface area contributed by atoms with Crippen LogP contribution in [0.3, 0.4) is 0 Å². The third kappa shape index (κ3) is 3.82. The van der Waals surface area contributed by atoms with Gasteiger partial charge in [0.1, 0.15) is 11.4 Å². The maximum absolute atomic E-state index is 15.5. The molecule has 0 bridgehead atoms. The Kier molecular flexibility index (Phi) is 7.12. The maximum Gasteiger partial charge on any atom is 0.250 e. The fourth-order valence-corrected chi connectivity index (χ4v) is 6.46. The van der Waals surface area contributed by atoms with Crippen molar-refractivity contribution in [2.45, 2.75) is 56.7 Å². The van der Waals surface area contributed by atoms with Crippen LogP contribution in [0.25, 0.3) is 0 Å². The van der Waals surface area contributed by atoms with Crippen molar-refractivity contribution in [1.29, 1.82) is 0 Å². The summed E-state index contributed by atoms with van der Waals surface area (Å²) in [6, 6.07) is 7.20. The van der Waals surface area contributed by atoms with E-state index in [9.17, 15) is 20.0 Å². The van der Waals surface area contributed by atoms with E-state index in [1.165, 1.54) is 18.2 Å². The van der Waals surface area contributed by atoms with Crippen LogP contribution < -0.4 is 5.32 Å². The molecule has 4 atom stereocenters. The second-order valence-electron chi connectivity index (χ2n) is 9.34. The molecule has 1 saturated heterocycles. The number of nitrogens with one attached hydrogen (secondary N) is 1. The SMILES string of the molecule is C.O=C1Nc2cc(Cl)ccc2[C@@]12[C@@H](c1cccc(Cl)c1F)[C@H]([N+](=O)[O-])[C@H](CCO)N2CC1CCC1. The Morgan fingerprint density at radius 1 is 1.26 bits per heavy atom. The highest BCUT2D eigenvalue weighted by Crippen LogP contribution is 2.59. The first-order chi connectivity index (χ1) is 16.3. The quantitative estimate of drug-likeness (QED) is 0.400. The maximum atomic E-state index is 15.5. The Hall–Kier alpha value is -2.26. The molecule has 3 aliphatic rings. The molecule has 2 N–H and O–H groups in total. The standard InChI is InChI=1S/C24H24Cl2FN3O4.CH4/c25-14-7-8-16-18(11-14)28-23(32)24(16)20(15-5-2-6-17(26)21(15)27)22(30(33)34)19(9-10-31)29(24)12-13-3-1-4-13;/h2,5-8,11,13,19-20,22,31H,1,3-4,9-10,12H2,(H,28,32);1H4/t19-,20-,22+,24+;/m0./s1. The van der Waals surface area contributed by atoms with Crippen LogP contribution in [0.2, 0.25) is 10.0 Å². The van der Waals surface area contributed by atoms with Crippen LogP contribution in [0.15, 0.2) is 36.4 Å². The lowest BCUT2D eigenvalue weighted by molar-refractivity contribution is -0.528. The van der Waals surface area contributed by atoms with Gasteiger partial charge in [-0.3, -0.25) is 19.8 Å². The molecule has 0 unspecified atom stereocenters. The second kappa shape index (κ2) is 9.65. The predicted octanol–water partition coefficient (Wildman–Crippen LogP) is 5.21. The molecule has 0 radical (unpaired) electrons. The molecular weight excluding hydrogens is 496 g/mol. The smallest absolute Gasteiger partial charge is 0.250 e. The van der Waals surface area contributed by atoms with E-state index in [0.29, 0.717) is 22.8 Å². The topological polar surface area (TPSA) is 95.7 Å². The molecule has 1 spiro atoms. The number of rotatable bonds is 6. The molecule has 2 fully saturated rings. The molecule has 10 heteroatoms. The minimum atomic E-state index is -1.54. The summed E-state index contributed by atoms with van der Waals surface area (Å²) in [7, 11) is 0. The van der Waals surface area contributed by atoms with E-state index >= 15 is 4.39 Å². The van der Waals surface area contributed by atoms with Crippen LogP contribution in [0.1, 0.15) is 50.2 Å². The van der Waals surface area contributed by atoms with Gasteiger partial charge in [-0.15, -0.1) is 0 Å². The van der Waals surface area contributed by atoms with Gasteiger partial charge in [0.25, 0.3) is 5.91 Å². The van der Waals surface area contributed by atoms with Crippen molar-refractivity contribution in [2.75, 3.05) is 18.5 Å². The van der Waals surface area contributed by atoms with Crippen LogP contribution in [-0.2, 0) is 10.3 Å². The van der Waals surface area contributed by atoms with Crippen molar-refractivity contribution in [3.63, 3.8) is 0 Å². The van der Waals surface area contributed by atoms with Crippen molar-refractivity contribution >= 4 is 34.8 Å². The van der Waals surface area contributed by atoms with E-state index in [2.05, 4.69) is 5.32 Å². The first-order valence-corrected chi connectivity index (χ1v) is 12.1. The third-order valence-corrected chi connectivity index (χ3v) is 8.22. The zero-order valence-electron chi connectivity index (χ0n) is 18.2. The molecule has 5 rings (SSSR count). The molecule has 1 aliphatic carbocycles. The highest BCUT2D eigenvalue weighted by atomic mass is 35.5. The number of nitro groups is 1. The van der Waals surface area contributed by atoms with Gasteiger partial charge in [-0.1, -0.05) is 55.2 Å². The van der Waals surface area contributed by atoms with E-state index in [0.717, 1.165) is 19.3 Å². The first-order valence-electron chi connectivity index (χ1n) is 11.4. The van der Waals surface area contributed by atoms with Crippen LogP contribution in [0.4, 0.5) is 10.1 Å². The summed E-state index contributed by atoms with van der Waals surface area (Å²) in [5.74, 6) is -2.14. The summed E-state index contributed by atoms with van der Waals surface area (Å²) in [5.41, 5.74) is -0.544. The van der Waals surface area contributed by atoms with Crippen molar-refractivity contribution in [2.24, 2.45) is 5.92 Å². The molecule has 35 heavy (non-hydrogen) atoms. The Balaban J connectivity index is 0.00000289. The summed E-state index contributed by atoms with van der Waals surface area (Å²) >= 11 is 12.3. The number of aliphatic hydroxyl groups excluding tert-OH is 1. The van der Waals surface area contributed by atoms with Gasteiger partial charge in [0.15, 0.2) is 0 Å². The predicted molar refractivity (Wildman–Crippen MR) is 133 cm³/mol. The fraction of sp³-hybridized carbons (Fsp3) is 0.480. The van der Waals surface area contributed by atoms with Gasteiger partial charge in [0, 0.05) is 39.9 Å². The zero-order chi connectivity index (χ0) is 24.2. The summed E-state index contributed by atoms with van der Waals surface area (Å²) in [6.45, 7) is 0.134. The average molecular weight is 524 g/mol. The van der Waals surface area contributed by atoms with Crippen LogP contribution >= 0.6 is 23.2 Å². The van der Waals surface area contributed by atoms with Crippen molar-refractivity contribution in [3.8, 4) is 0 Å². The zero-order valence-corrected chi connectivity index (χ0v) is 19.7. The third-order valence-electron chi connectivity index (χ3n) is 7.69. The number of aliphatic hydroxyl groups is 1. The average Bonchev–Trinajstić information content (AvgIpc) is 3.19. The lowest BCUT2D eigenvalue weighted by Gasteiger charge is -2.42. The van der Waals surface area contributed by atoms with Crippen LogP contribution in [-0.4, -0.2) is 46.1 Å². The lowest BCUT2D eigenvalue weighted by Crippen LogP contribution is -2.54. The molecule has 1 saturated carbocycles. The highest BCUT2D eigenvalue weighted by molar-refractivity contribution is 6.31. The largest absolute Gasteiger partial charge is 0.396 e. The summed E-state index contributed by atoms with van der Waals surface area (Å²) in [6.07, 6.45) is 3.04. The molecular formula is C25H28Cl2FN3O4. The first kappa shape index (κ1) is 25.8. The number of nitrogens with zero attached hydrogens (tertiary/aromatic N) is 2.